The summed E-state index contributed by atoms with van der Waals surface area (Å²) in [5.41, 5.74) is 4.06. The molecule has 4 aromatic carbocycles. The Morgan fingerprint density at radius 1 is 0.281 bits per heavy atom. The third-order valence-electron chi connectivity index (χ3n) is 15.7. The highest BCUT2D eigenvalue weighted by Crippen LogP contribution is 2.54. The number of phenols is 8. The minimum atomic E-state index is -0.598. The normalized spacial score (nSPS) is 19.6. The molecule has 5 rings (SSSR count). The van der Waals surface area contributed by atoms with Crippen molar-refractivity contribution in [2.45, 2.75) is 158 Å². The van der Waals surface area contributed by atoms with Crippen LogP contribution in [0.4, 0.5) is 0 Å². The van der Waals surface area contributed by atoms with Gasteiger partial charge in [-0.15, -0.1) is 0 Å². The van der Waals surface area contributed by atoms with Crippen molar-refractivity contribution in [2.75, 3.05) is 0 Å². The highest BCUT2D eigenvalue weighted by atomic mass is 16.3. The van der Waals surface area contributed by atoms with E-state index in [4.69, 9.17) is 0 Å². The molecule has 4 atom stereocenters. The van der Waals surface area contributed by atoms with Gasteiger partial charge < -0.3 is 40.9 Å². The minimum absolute atomic E-state index is 0.132. The average molecular weight is 881 g/mol. The van der Waals surface area contributed by atoms with Crippen LogP contribution in [0.25, 0.3) is 0 Å². The standard InChI is InChI=1S/C56H80O8/c1-13-33(29(5)6)17-37-41-21-43(51(59)25-49(41)57)38(18-34(14-2)30(7)8)45-23-47(55(63)27-53(45)61)40(20-36(16-4)32(11)12)48-24-46(54(62)28-56(48)64)39(19-35(15-3)31(9)10)44-22-42(37)50(58)26-52(44)60/h21-40,57-64H,13-20H2,1-12H3/t33-,34-,35-,36-,37?,38?,39?,40?/m0/s1. The van der Waals surface area contributed by atoms with Crippen LogP contribution in [-0.2, 0) is 0 Å². The molecule has 8 nitrogen and oxygen atoms in total. The van der Waals surface area contributed by atoms with Crippen molar-refractivity contribution in [3.05, 3.63) is 93.0 Å². The van der Waals surface area contributed by atoms with Gasteiger partial charge in [-0.05, 0) is 97.3 Å². The molecule has 8 heteroatoms. The van der Waals surface area contributed by atoms with Gasteiger partial charge >= 0.3 is 0 Å². The van der Waals surface area contributed by atoms with E-state index in [1.165, 1.54) is 24.3 Å². The van der Waals surface area contributed by atoms with Crippen LogP contribution in [0.15, 0.2) is 48.5 Å². The number of phenolic OH excluding ortho intramolecular Hbond substituents is 8. The molecular weight excluding hydrogens is 801 g/mol. The SMILES string of the molecule is CC[C@@H](CC1c2cc(c(O)cc2O)C(C[C@H](CC)C(C)C)c2cc(c(O)cc2O)C(C[C@H](CC)C(C)C)c2cc(c(O)cc2O)C(C[C@H](CC)C(C)C)c2cc1c(O)cc2O)C(C)C. The number of fused-ring (bicyclic) bond motifs is 8. The molecule has 64 heavy (non-hydrogen) atoms. The van der Waals surface area contributed by atoms with Crippen molar-refractivity contribution in [3.63, 3.8) is 0 Å². The average Bonchev–Trinajstić information content (AvgIpc) is 3.21. The molecule has 0 saturated heterocycles. The molecule has 0 aliphatic heterocycles. The first kappa shape index (κ1) is 50.3. The van der Waals surface area contributed by atoms with E-state index in [9.17, 15) is 40.9 Å². The van der Waals surface area contributed by atoms with Gasteiger partial charge in [-0.25, -0.2) is 0 Å². The first-order valence-corrected chi connectivity index (χ1v) is 24.4. The third-order valence-corrected chi connectivity index (χ3v) is 15.7. The maximum Gasteiger partial charge on any atom is 0.123 e. The highest BCUT2D eigenvalue weighted by Gasteiger charge is 2.36. The molecule has 8 bridgehead atoms. The van der Waals surface area contributed by atoms with Gasteiger partial charge in [0.2, 0.25) is 0 Å². The Labute approximate surface area is 384 Å². The largest absolute Gasteiger partial charge is 0.508 e. The lowest BCUT2D eigenvalue weighted by Crippen LogP contribution is -2.18. The predicted octanol–water partition coefficient (Wildman–Crippen LogP) is 14.5. The van der Waals surface area contributed by atoms with E-state index in [-0.39, 0.29) is 93.3 Å². The fraction of sp³-hybridized carbons (Fsp3) is 0.571. The molecule has 1 aliphatic carbocycles. The molecule has 4 aromatic rings. The predicted molar refractivity (Wildman–Crippen MR) is 259 cm³/mol. The van der Waals surface area contributed by atoms with Crippen molar-refractivity contribution in [3.8, 4) is 46.0 Å². The van der Waals surface area contributed by atoms with E-state index in [0.29, 0.717) is 70.2 Å². The van der Waals surface area contributed by atoms with Gasteiger partial charge in [-0.2, -0.15) is 0 Å². The molecule has 0 saturated carbocycles. The van der Waals surface area contributed by atoms with Crippen LogP contribution in [-0.4, -0.2) is 40.9 Å². The van der Waals surface area contributed by atoms with Gasteiger partial charge in [0.05, 0.1) is 0 Å². The Hall–Kier alpha value is -4.72. The molecule has 0 amide bonds. The fourth-order valence-corrected chi connectivity index (χ4v) is 11.2. The van der Waals surface area contributed by atoms with E-state index in [1.54, 1.807) is 0 Å². The topological polar surface area (TPSA) is 162 Å². The van der Waals surface area contributed by atoms with Crippen LogP contribution in [0.5, 0.6) is 46.0 Å². The summed E-state index contributed by atoms with van der Waals surface area (Å²) in [6.07, 6.45) is 5.47. The van der Waals surface area contributed by atoms with E-state index in [2.05, 4.69) is 83.1 Å². The van der Waals surface area contributed by atoms with Crippen LogP contribution in [0.1, 0.15) is 203 Å². The second kappa shape index (κ2) is 21.1. The van der Waals surface area contributed by atoms with Crippen molar-refractivity contribution in [1.29, 1.82) is 0 Å². The number of hydrogen-bond donors (Lipinski definition) is 8. The Bertz CT molecular complexity index is 1790. The lowest BCUT2D eigenvalue weighted by molar-refractivity contribution is 0.321. The van der Waals surface area contributed by atoms with Crippen LogP contribution in [0.2, 0.25) is 0 Å². The molecular formula is C56H80O8. The molecule has 0 heterocycles. The molecule has 352 valence electrons. The van der Waals surface area contributed by atoms with Gasteiger partial charge in [0.25, 0.3) is 0 Å². The Morgan fingerprint density at radius 3 is 0.531 bits per heavy atom. The van der Waals surface area contributed by atoms with Crippen LogP contribution in [0, 0.1) is 47.3 Å². The molecule has 1 aliphatic rings. The van der Waals surface area contributed by atoms with Crippen molar-refractivity contribution in [1.82, 2.24) is 0 Å². The van der Waals surface area contributed by atoms with Gasteiger partial charge in [0.15, 0.2) is 0 Å². The lowest BCUT2D eigenvalue weighted by Gasteiger charge is -2.33. The summed E-state index contributed by atoms with van der Waals surface area (Å²) in [4.78, 5) is 0. The Balaban J connectivity index is 2.05. The summed E-state index contributed by atoms with van der Waals surface area (Å²) in [5, 5.41) is 96.1. The molecule has 0 fully saturated rings. The Kier molecular flexibility index (Phi) is 16.5. The maximum absolute atomic E-state index is 12.0. The van der Waals surface area contributed by atoms with Crippen molar-refractivity contribution >= 4 is 0 Å². The van der Waals surface area contributed by atoms with Crippen molar-refractivity contribution < 1.29 is 40.9 Å². The summed E-state index contributed by atoms with van der Waals surface area (Å²) < 4.78 is 0. The number of rotatable bonds is 16. The second-order valence-electron chi connectivity index (χ2n) is 20.7. The highest BCUT2D eigenvalue weighted by molar-refractivity contribution is 5.62. The van der Waals surface area contributed by atoms with E-state index in [0.717, 1.165) is 25.7 Å². The van der Waals surface area contributed by atoms with Crippen LogP contribution in [0.3, 0.4) is 0 Å². The first-order valence-electron chi connectivity index (χ1n) is 24.4. The van der Waals surface area contributed by atoms with E-state index in [1.807, 2.05) is 24.3 Å². The number of hydrogen-bond acceptors (Lipinski definition) is 8. The van der Waals surface area contributed by atoms with Gasteiger partial charge in [-0.1, -0.05) is 109 Å². The van der Waals surface area contributed by atoms with E-state index < -0.39 is 23.7 Å². The molecule has 8 N–H and O–H groups in total. The molecule has 0 unspecified atom stereocenters. The summed E-state index contributed by atoms with van der Waals surface area (Å²) in [5.74, 6) is -1.78. The number of aromatic hydroxyl groups is 8. The van der Waals surface area contributed by atoms with Gasteiger partial charge in [0, 0.05) is 92.4 Å². The molecule has 0 spiro atoms. The monoisotopic (exact) mass is 881 g/mol. The van der Waals surface area contributed by atoms with Crippen LogP contribution < -0.4 is 0 Å². The third kappa shape index (κ3) is 10.5. The summed E-state index contributed by atoms with van der Waals surface area (Å²) >= 11 is 0. The number of benzene rings is 4. The fourth-order valence-electron chi connectivity index (χ4n) is 11.2. The maximum atomic E-state index is 12.0. The van der Waals surface area contributed by atoms with Gasteiger partial charge in [0.1, 0.15) is 46.0 Å². The van der Waals surface area contributed by atoms with Gasteiger partial charge in [-0.3, -0.25) is 0 Å². The zero-order chi connectivity index (χ0) is 47.5. The zero-order valence-electron chi connectivity index (χ0n) is 40.8. The second-order valence-corrected chi connectivity index (χ2v) is 20.7. The zero-order valence-corrected chi connectivity index (χ0v) is 40.8. The molecule has 0 aromatic heterocycles. The smallest absolute Gasteiger partial charge is 0.123 e. The quantitative estimate of drug-likeness (QED) is 0.0552. The summed E-state index contributed by atoms with van der Waals surface area (Å²) in [6, 6.07) is 12.9. The summed E-state index contributed by atoms with van der Waals surface area (Å²) in [6.45, 7) is 25.9. The summed E-state index contributed by atoms with van der Waals surface area (Å²) in [7, 11) is 0. The van der Waals surface area contributed by atoms with Crippen molar-refractivity contribution in [2.24, 2.45) is 47.3 Å². The van der Waals surface area contributed by atoms with Crippen LogP contribution >= 0.6 is 0 Å². The van der Waals surface area contributed by atoms with E-state index >= 15 is 0 Å². The molecule has 0 radical (unpaired) electrons. The first-order chi connectivity index (χ1) is 30.2. The lowest BCUT2D eigenvalue weighted by atomic mass is 9.72. The minimum Gasteiger partial charge on any atom is -0.508 e. The Morgan fingerprint density at radius 2 is 0.422 bits per heavy atom.